The van der Waals surface area contributed by atoms with Crippen molar-refractivity contribution in [3.05, 3.63) is 62.5 Å². The Morgan fingerprint density at radius 2 is 1.71 bits per heavy atom. The van der Waals surface area contributed by atoms with Crippen molar-refractivity contribution in [1.82, 2.24) is 4.72 Å². The standard InChI is InChI=1S/C15H12BrCl2NO4S/c16-11-6-12(17)15(13(18)7-11)24(21,22)19-8-14(20)23-9-10-4-2-1-3-5-10/h1-7,19H,8-9H2. The van der Waals surface area contributed by atoms with Gasteiger partial charge in [-0.1, -0.05) is 69.5 Å². The van der Waals surface area contributed by atoms with Crippen molar-refractivity contribution in [2.75, 3.05) is 6.54 Å². The molecular formula is C15H12BrCl2NO4S. The quantitative estimate of drug-likeness (QED) is 0.677. The number of halogens is 3. The fourth-order valence-corrected chi connectivity index (χ4v) is 4.70. The van der Waals surface area contributed by atoms with Crippen LogP contribution < -0.4 is 4.72 Å². The van der Waals surface area contributed by atoms with E-state index in [4.69, 9.17) is 27.9 Å². The van der Waals surface area contributed by atoms with Gasteiger partial charge in [0.25, 0.3) is 0 Å². The first-order valence-electron chi connectivity index (χ1n) is 6.63. The fraction of sp³-hybridized carbons (Fsp3) is 0.133. The maximum absolute atomic E-state index is 12.3. The van der Waals surface area contributed by atoms with Gasteiger partial charge >= 0.3 is 5.97 Å². The van der Waals surface area contributed by atoms with Gasteiger partial charge in [-0.25, -0.2) is 8.42 Å². The summed E-state index contributed by atoms with van der Waals surface area (Å²) in [6, 6.07) is 11.8. The Labute approximate surface area is 158 Å². The molecule has 0 radical (unpaired) electrons. The predicted molar refractivity (Wildman–Crippen MR) is 95.6 cm³/mol. The molecule has 2 aromatic rings. The molecule has 0 aliphatic heterocycles. The lowest BCUT2D eigenvalue weighted by molar-refractivity contribution is -0.143. The monoisotopic (exact) mass is 451 g/mol. The van der Waals surface area contributed by atoms with Crippen LogP contribution in [0.3, 0.4) is 0 Å². The molecule has 0 spiro atoms. The first kappa shape index (κ1) is 19.2. The highest BCUT2D eigenvalue weighted by Gasteiger charge is 2.23. The highest BCUT2D eigenvalue weighted by Crippen LogP contribution is 2.32. The normalized spacial score (nSPS) is 11.3. The Bertz CT molecular complexity index is 821. The zero-order chi connectivity index (χ0) is 17.7. The van der Waals surface area contributed by atoms with Crippen molar-refractivity contribution in [1.29, 1.82) is 0 Å². The number of rotatable bonds is 6. The van der Waals surface area contributed by atoms with E-state index in [2.05, 4.69) is 20.7 Å². The van der Waals surface area contributed by atoms with Crippen molar-refractivity contribution < 1.29 is 17.9 Å². The van der Waals surface area contributed by atoms with Gasteiger partial charge < -0.3 is 4.74 Å². The Morgan fingerprint density at radius 1 is 1.12 bits per heavy atom. The summed E-state index contributed by atoms with van der Waals surface area (Å²) in [5, 5.41) is -0.112. The van der Waals surface area contributed by atoms with Crippen molar-refractivity contribution in [2.24, 2.45) is 0 Å². The van der Waals surface area contributed by atoms with Crippen LogP contribution in [-0.4, -0.2) is 20.9 Å². The molecule has 0 unspecified atom stereocenters. The van der Waals surface area contributed by atoms with Crippen LogP contribution in [0.4, 0.5) is 0 Å². The highest BCUT2D eigenvalue weighted by atomic mass is 79.9. The summed E-state index contributed by atoms with van der Waals surface area (Å²) in [6.45, 7) is -0.473. The first-order chi connectivity index (χ1) is 11.3. The summed E-state index contributed by atoms with van der Waals surface area (Å²) in [6.07, 6.45) is 0. The van der Waals surface area contributed by atoms with Crippen LogP contribution in [0.2, 0.25) is 10.0 Å². The van der Waals surface area contributed by atoms with E-state index in [1.54, 1.807) is 12.1 Å². The van der Waals surface area contributed by atoms with Gasteiger partial charge in [0.05, 0.1) is 10.0 Å². The number of esters is 1. The van der Waals surface area contributed by atoms with E-state index in [0.717, 1.165) is 5.56 Å². The molecule has 0 aliphatic carbocycles. The Hall–Kier alpha value is -1.12. The summed E-state index contributed by atoms with van der Waals surface area (Å²) in [4.78, 5) is 11.4. The number of hydrogen-bond donors (Lipinski definition) is 1. The third-order valence-corrected chi connectivity index (χ3v) is 5.66. The van der Waals surface area contributed by atoms with Gasteiger partial charge in [-0.3, -0.25) is 4.79 Å². The molecule has 24 heavy (non-hydrogen) atoms. The summed E-state index contributed by atoms with van der Waals surface area (Å²) in [5.74, 6) is -0.716. The maximum Gasteiger partial charge on any atom is 0.321 e. The topological polar surface area (TPSA) is 72.5 Å². The lowest BCUT2D eigenvalue weighted by atomic mass is 10.2. The van der Waals surface area contributed by atoms with E-state index in [-0.39, 0.29) is 21.5 Å². The van der Waals surface area contributed by atoms with E-state index in [1.165, 1.54) is 12.1 Å². The smallest absolute Gasteiger partial charge is 0.321 e. The van der Waals surface area contributed by atoms with Crippen molar-refractivity contribution >= 4 is 55.1 Å². The molecule has 0 bridgehead atoms. The highest BCUT2D eigenvalue weighted by molar-refractivity contribution is 9.10. The van der Waals surface area contributed by atoms with Crippen LogP contribution in [0.25, 0.3) is 0 Å². The van der Waals surface area contributed by atoms with Gasteiger partial charge in [-0.2, -0.15) is 4.72 Å². The van der Waals surface area contributed by atoms with Crippen molar-refractivity contribution in [3.63, 3.8) is 0 Å². The molecule has 9 heteroatoms. The van der Waals surface area contributed by atoms with E-state index < -0.39 is 22.5 Å². The second kappa shape index (κ2) is 8.31. The molecule has 0 fully saturated rings. The molecule has 0 saturated carbocycles. The molecule has 0 heterocycles. The summed E-state index contributed by atoms with van der Waals surface area (Å²) in [5.41, 5.74) is 0.799. The van der Waals surface area contributed by atoms with Gasteiger partial charge in [0, 0.05) is 4.47 Å². The Kier molecular flexibility index (Phi) is 6.65. The molecule has 128 valence electrons. The maximum atomic E-state index is 12.3. The number of hydrogen-bond acceptors (Lipinski definition) is 4. The fourth-order valence-electron chi connectivity index (χ4n) is 1.80. The van der Waals surface area contributed by atoms with Crippen molar-refractivity contribution in [2.45, 2.75) is 11.5 Å². The van der Waals surface area contributed by atoms with Crippen LogP contribution in [0.5, 0.6) is 0 Å². The lowest BCUT2D eigenvalue weighted by Crippen LogP contribution is -2.31. The minimum Gasteiger partial charge on any atom is -0.460 e. The van der Waals surface area contributed by atoms with E-state index in [1.807, 2.05) is 18.2 Å². The largest absolute Gasteiger partial charge is 0.460 e. The van der Waals surface area contributed by atoms with Crippen LogP contribution >= 0.6 is 39.1 Å². The molecule has 5 nitrogen and oxygen atoms in total. The van der Waals surface area contributed by atoms with E-state index >= 15 is 0 Å². The van der Waals surface area contributed by atoms with Crippen LogP contribution in [0.15, 0.2) is 51.8 Å². The number of benzene rings is 2. The van der Waals surface area contributed by atoms with E-state index in [9.17, 15) is 13.2 Å². The minimum absolute atomic E-state index is 0.0560. The second-order valence-electron chi connectivity index (χ2n) is 4.67. The summed E-state index contributed by atoms with van der Waals surface area (Å²) in [7, 11) is -4.05. The number of carbonyl (C=O) groups excluding carboxylic acids is 1. The Balaban J connectivity index is 1.99. The van der Waals surface area contributed by atoms with Crippen LogP contribution in [-0.2, 0) is 26.2 Å². The molecule has 0 amide bonds. The van der Waals surface area contributed by atoms with Crippen LogP contribution in [0, 0.1) is 0 Å². The Morgan fingerprint density at radius 3 is 2.29 bits per heavy atom. The third kappa shape index (κ3) is 5.19. The average Bonchev–Trinajstić information content (AvgIpc) is 2.50. The second-order valence-corrected chi connectivity index (χ2v) is 8.10. The van der Waals surface area contributed by atoms with Gasteiger partial charge in [0.15, 0.2) is 0 Å². The SMILES string of the molecule is O=C(CNS(=O)(=O)c1c(Cl)cc(Br)cc1Cl)OCc1ccccc1. The van der Waals surface area contributed by atoms with Gasteiger partial charge in [0.2, 0.25) is 10.0 Å². The van der Waals surface area contributed by atoms with Gasteiger partial charge in [-0.15, -0.1) is 0 Å². The molecule has 1 N–H and O–H groups in total. The lowest BCUT2D eigenvalue weighted by Gasteiger charge is -2.10. The predicted octanol–water partition coefficient (Wildman–Crippen LogP) is 3.78. The molecule has 0 aliphatic rings. The van der Waals surface area contributed by atoms with Crippen molar-refractivity contribution in [3.8, 4) is 0 Å². The number of carbonyl (C=O) groups is 1. The zero-order valence-corrected chi connectivity index (χ0v) is 16.0. The van der Waals surface area contributed by atoms with Gasteiger partial charge in [-0.05, 0) is 17.7 Å². The molecule has 0 atom stereocenters. The van der Waals surface area contributed by atoms with E-state index in [0.29, 0.717) is 4.47 Å². The first-order valence-corrected chi connectivity index (χ1v) is 9.66. The zero-order valence-electron chi connectivity index (χ0n) is 12.1. The molecule has 2 rings (SSSR count). The number of ether oxygens (including phenoxy) is 1. The number of nitrogens with one attached hydrogen (secondary N) is 1. The van der Waals surface area contributed by atoms with Gasteiger partial charge in [0.1, 0.15) is 18.0 Å². The number of sulfonamides is 1. The molecular weight excluding hydrogens is 441 g/mol. The molecule has 0 aromatic heterocycles. The minimum atomic E-state index is -4.05. The summed E-state index contributed by atoms with van der Waals surface area (Å²) < 4.78 is 32.2. The molecule has 0 saturated heterocycles. The third-order valence-electron chi connectivity index (χ3n) is 2.88. The average molecular weight is 453 g/mol. The molecule has 2 aromatic carbocycles. The summed E-state index contributed by atoms with van der Waals surface area (Å²) >= 11 is 15.0. The van der Waals surface area contributed by atoms with Crippen LogP contribution in [0.1, 0.15) is 5.56 Å².